The van der Waals surface area contributed by atoms with Gasteiger partial charge >= 0.3 is 5.97 Å². The van der Waals surface area contributed by atoms with Crippen molar-refractivity contribution in [1.29, 1.82) is 0 Å². The van der Waals surface area contributed by atoms with E-state index in [-0.39, 0.29) is 30.2 Å². The number of carbonyl (C=O) groups excluding carboxylic acids is 2. The largest absolute Gasteiger partial charge is 0.469 e. The van der Waals surface area contributed by atoms with Crippen LogP contribution in [0.1, 0.15) is 6.92 Å². The van der Waals surface area contributed by atoms with Gasteiger partial charge in [-0.25, -0.2) is 0 Å². The lowest BCUT2D eigenvalue weighted by Gasteiger charge is -2.08. The molecule has 0 aliphatic heterocycles. The van der Waals surface area contributed by atoms with Crippen molar-refractivity contribution in [3.63, 3.8) is 0 Å². The summed E-state index contributed by atoms with van der Waals surface area (Å²) in [5.41, 5.74) is 0. The van der Waals surface area contributed by atoms with Crippen LogP contribution in [-0.4, -0.2) is 31.4 Å². The van der Waals surface area contributed by atoms with Crippen LogP contribution in [0.2, 0.25) is 0 Å². The summed E-state index contributed by atoms with van der Waals surface area (Å²) in [5.74, 6) is -1.05. The molecule has 1 amide bonds. The zero-order chi connectivity index (χ0) is 9.56. The molecule has 1 atom stereocenters. The molecule has 0 saturated heterocycles. The van der Waals surface area contributed by atoms with E-state index in [4.69, 9.17) is 11.6 Å². The Bertz CT molecular complexity index is 172. The van der Waals surface area contributed by atoms with Crippen LogP contribution in [0.25, 0.3) is 0 Å². The summed E-state index contributed by atoms with van der Waals surface area (Å²) in [5, 5.41) is 2.48. The summed E-state index contributed by atoms with van der Waals surface area (Å²) < 4.78 is 4.45. The van der Waals surface area contributed by atoms with Crippen molar-refractivity contribution in [2.45, 2.75) is 6.92 Å². The highest BCUT2D eigenvalue weighted by Gasteiger charge is 2.13. The molecule has 0 aromatic rings. The SMILES string of the molecule is COC(=O)[C@@H](C)CNC(=O)CCl. The number of carbonyl (C=O) groups is 2. The average Bonchev–Trinajstić information content (AvgIpc) is 2.11. The molecule has 0 spiro atoms. The molecule has 5 heteroatoms. The Hall–Kier alpha value is -0.770. The Morgan fingerprint density at radius 3 is 2.58 bits per heavy atom. The van der Waals surface area contributed by atoms with Crippen molar-refractivity contribution < 1.29 is 14.3 Å². The summed E-state index contributed by atoms with van der Waals surface area (Å²) in [6.45, 7) is 1.93. The van der Waals surface area contributed by atoms with Gasteiger partial charge in [-0.2, -0.15) is 0 Å². The molecule has 0 aromatic heterocycles. The Labute approximate surface area is 76.2 Å². The number of ether oxygens (including phenoxy) is 1. The van der Waals surface area contributed by atoms with E-state index in [1.807, 2.05) is 0 Å². The maximum absolute atomic E-state index is 10.8. The van der Waals surface area contributed by atoms with Gasteiger partial charge in [-0.15, -0.1) is 11.6 Å². The van der Waals surface area contributed by atoms with Crippen LogP contribution < -0.4 is 5.32 Å². The predicted octanol–water partition coefficient (Wildman–Crippen LogP) is 0.151. The second kappa shape index (κ2) is 5.83. The van der Waals surface area contributed by atoms with E-state index in [2.05, 4.69) is 10.1 Å². The quantitative estimate of drug-likeness (QED) is 0.511. The van der Waals surface area contributed by atoms with Crippen molar-refractivity contribution in [2.24, 2.45) is 5.92 Å². The molecule has 0 aliphatic rings. The molecular formula is C7H12ClNO3. The van der Waals surface area contributed by atoms with Gasteiger partial charge in [-0.3, -0.25) is 9.59 Å². The van der Waals surface area contributed by atoms with Crippen LogP contribution in [0.3, 0.4) is 0 Å². The molecule has 0 radical (unpaired) electrons. The van der Waals surface area contributed by atoms with Crippen LogP contribution in [-0.2, 0) is 14.3 Å². The fourth-order valence-corrected chi connectivity index (χ4v) is 0.693. The molecule has 4 nitrogen and oxygen atoms in total. The third kappa shape index (κ3) is 4.18. The Balaban J connectivity index is 3.63. The smallest absolute Gasteiger partial charge is 0.310 e. The van der Waals surface area contributed by atoms with Gasteiger partial charge in [0.25, 0.3) is 0 Å². The number of halogens is 1. The third-order valence-electron chi connectivity index (χ3n) is 1.33. The molecule has 0 bridgehead atoms. The van der Waals surface area contributed by atoms with Crippen LogP contribution >= 0.6 is 11.6 Å². The number of alkyl halides is 1. The van der Waals surface area contributed by atoms with E-state index < -0.39 is 0 Å². The molecule has 0 unspecified atom stereocenters. The highest BCUT2D eigenvalue weighted by atomic mass is 35.5. The van der Waals surface area contributed by atoms with Crippen molar-refractivity contribution in [3.05, 3.63) is 0 Å². The molecule has 70 valence electrons. The fourth-order valence-electron chi connectivity index (χ4n) is 0.599. The first kappa shape index (κ1) is 11.2. The van der Waals surface area contributed by atoms with Gasteiger partial charge in [-0.05, 0) is 0 Å². The average molecular weight is 194 g/mol. The van der Waals surface area contributed by atoms with Gasteiger partial charge < -0.3 is 10.1 Å². The van der Waals surface area contributed by atoms with Crippen LogP contribution in [0, 0.1) is 5.92 Å². The molecule has 0 saturated carbocycles. The van der Waals surface area contributed by atoms with Crippen molar-refractivity contribution >= 4 is 23.5 Å². The van der Waals surface area contributed by atoms with Gasteiger partial charge in [0.2, 0.25) is 5.91 Å². The maximum atomic E-state index is 10.8. The van der Waals surface area contributed by atoms with E-state index >= 15 is 0 Å². The van der Waals surface area contributed by atoms with Gasteiger partial charge in [0.05, 0.1) is 13.0 Å². The first-order chi connectivity index (χ1) is 5.61. The third-order valence-corrected chi connectivity index (χ3v) is 1.57. The number of nitrogens with one attached hydrogen (secondary N) is 1. The lowest BCUT2D eigenvalue weighted by atomic mass is 10.2. The highest BCUT2D eigenvalue weighted by molar-refractivity contribution is 6.27. The van der Waals surface area contributed by atoms with Crippen LogP contribution in [0.15, 0.2) is 0 Å². The Morgan fingerprint density at radius 1 is 1.58 bits per heavy atom. The number of hydrogen-bond donors (Lipinski definition) is 1. The minimum atomic E-state index is -0.343. The molecule has 0 aliphatic carbocycles. The molecule has 0 aromatic carbocycles. The number of amides is 1. The standard InChI is InChI=1S/C7H12ClNO3/c1-5(7(11)12-2)4-9-6(10)3-8/h5H,3-4H2,1-2H3,(H,9,10)/t5-/m0/s1. The van der Waals surface area contributed by atoms with Gasteiger partial charge in [-0.1, -0.05) is 6.92 Å². The highest BCUT2D eigenvalue weighted by Crippen LogP contribution is 1.94. The Morgan fingerprint density at radius 2 is 2.17 bits per heavy atom. The van der Waals surface area contributed by atoms with E-state index in [9.17, 15) is 9.59 Å². The number of hydrogen-bond acceptors (Lipinski definition) is 3. The Kier molecular flexibility index (Phi) is 5.45. The van der Waals surface area contributed by atoms with Crippen LogP contribution in [0.5, 0.6) is 0 Å². The first-order valence-corrected chi connectivity index (χ1v) is 4.05. The minimum Gasteiger partial charge on any atom is -0.469 e. The second-order valence-electron chi connectivity index (χ2n) is 2.36. The number of esters is 1. The van der Waals surface area contributed by atoms with Gasteiger partial charge in [0, 0.05) is 6.54 Å². The molecule has 1 N–H and O–H groups in total. The topological polar surface area (TPSA) is 55.4 Å². The zero-order valence-electron chi connectivity index (χ0n) is 7.09. The minimum absolute atomic E-state index is 0.0894. The maximum Gasteiger partial charge on any atom is 0.310 e. The lowest BCUT2D eigenvalue weighted by Crippen LogP contribution is -2.32. The number of rotatable bonds is 4. The van der Waals surface area contributed by atoms with Crippen molar-refractivity contribution in [1.82, 2.24) is 5.32 Å². The number of methoxy groups -OCH3 is 1. The van der Waals surface area contributed by atoms with E-state index in [1.165, 1.54) is 7.11 Å². The van der Waals surface area contributed by atoms with Gasteiger partial charge in [0.15, 0.2) is 0 Å². The summed E-state index contributed by atoms with van der Waals surface area (Å²) in [4.78, 5) is 21.4. The van der Waals surface area contributed by atoms with Gasteiger partial charge in [0.1, 0.15) is 5.88 Å². The van der Waals surface area contributed by atoms with Crippen LogP contribution in [0.4, 0.5) is 0 Å². The normalized spacial score (nSPS) is 11.9. The molecule has 12 heavy (non-hydrogen) atoms. The summed E-state index contributed by atoms with van der Waals surface area (Å²) >= 11 is 5.22. The second-order valence-corrected chi connectivity index (χ2v) is 2.63. The fraction of sp³-hybridized carbons (Fsp3) is 0.714. The zero-order valence-corrected chi connectivity index (χ0v) is 7.85. The molecule has 0 rings (SSSR count). The lowest BCUT2D eigenvalue weighted by molar-refractivity contribution is -0.144. The van der Waals surface area contributed by atoms with E-state index in [0.29, 0.717) is 0 Å². The van der Waals surface area contributed by atoms with E-state index in [0.717, 1.165) is 0 Å². The van der Waals surface area contributed by atoms with Crippen molar-refractivity contribution in [2.75, 3.05) is 19.5 Å². The van der Waals surface area contributed by atoms with Crippen molar-refractivity contribution in [3.8, 4) is 0 Å². The summed E-state index contributed by atoms with van der Waals surface area (Å²) in [6.07, 6.45) is 0. The molecule has 0 heterocycles. The molecular weight excluding hydrogens is 182 g/mol. The predicted molar refractivity (Wildman–Crippen MR) is 44.9 cm³/mol. The first-order valence-electron chi connectivity index (χ1n) is 3.52. The monoisotopic (exact) mass is 193 g/mol. The summed E-state index contributed by atoms with van der Waals surface area (Å²) in [7, 11) is 1.31. The summed E-state index contributed by atoms with van der Waals surface area (Å²) in [6, 6.07) is 0. The van der Waals surface area contributed by atoms with E-state index in [1.54, 1.807) is 6.92 Å². The molecule has 0 fully saturated rings.